The first kappa shape index (κ1) is 11.8. The molecule has 0 aromatic rings. The minimum absolute atomic E-state index is 0.329. The minimum Gasteiger partial charge on any atom is -0.237 e. The van der Waals surface area contributed by atoms with Crippen LogP contribution in [0.4, 0.5) is 0 Å². The molecule has 4 nitrogen and oxygen atoms in total. The van der Waals surface area contributed by atoms with E-state index in [9.17, 15) is 0 Å². The summed E-state index contributed by atoms with van der Waals surface area (Å²) in [6, 6.07) is 0. The molecule has 4 heteroatoms. The van der Waals surface area contributed by atoms with Crippen LogP contribution in [0, 0.1) is 0 Å². The topological polar surface area (TPSA) is 36.9 Å². The van der Waals surface area contributed by atoms with Gasteiger partial charge in [0.15, 0.2) is 0 Å². The highest BCUT2D eigenvalue weighted by Gasteiger charge is 2.16. The van der Waals surface area contributed by atoms with E-state index in [0.717, 1.165) is 0 Å². The Morgan fingerprint density at radius 2 is 1.75 bits per heavy atom. The van der Waals surface area contributed by atoms with Crippen molar-refractivity contribution in [2.24, 2.45) is 0 Å². The van der Waals surface area contributed by atoms with Crippen LogP contribution in [0.3, 0.4) is 0 Å². The summed E-state index contributed by atoms with van der Waals surface area (Å²) >= 11 is 0. The standard InChI is InChI=1S/C8H18O4/c1-6-7(10-9-5)11-12-8(2,3)4/h7H,6H2,1-5H3. The number of hydrogen-bond donors (Lipinski definition) is 0. The maximum absolute atomic E-state index is 5.03. The molecule has 0 saturated carbocycles. The Bertz CT molecular complexity index is 108. The zero-order valence-electron chi connectivity index (χ0n) is 8.42. The van der Waals surface area contributed by atoms with E-state index in [1.807, 2.05) is 27.7 Å². The molecule has 0 aliphatic heterocycles. The molecule has 1 atom stereocenters. The summed E-state index contributed by atoms with van der Waals surface area (Å²) in [5.41, 5.74) is -0.329. The molecule has 0 saturated heterocycles. The quantitative estimate of drug-likeness (QED) is 0.367. The molecular formula is C8H18O4. The van der Waals surface area contributed by atoms with Gasteiger partial charge in [-0.25, -0.2) is 19.6 Å². The zero-order chi connectivity index (χ0) is 9.61. The van der Waals surface area contributed by atoms with E-state index in [-0.39, 0.29) is 5.60 Å². The van der Waals surface area contributed by atoms with Crippen molar-refractivity contribution >= 4 is 0 Å². The van der Waals surface area contributed by atoms with Crippen LogP contribution in [0.5, 0.6) is 0 Å². The lowest BCUT2D eigenvalue weighted by molar-refractivity contribution is -0.476. The van der Waals surface area contributed by atoms with Crippen molar-refractivity contribution in [1.82, 2.24) is 0 Å². The molecule has 0 aliphatic rings. The van der Waals surface area contributed by atoms with E-state index < -0.39 is 6.29 Å². The Labute approximate surface area is 73.6 Å². The lowest BCUT2D eigenvalue weighted by Gasteiger charge is -2.21. The van der Waals surface area contributed by atoms with Crippen molar-refractivity contribution in [2.75, 3.05) is 7.11 Å². The molecule has 0 aromatic heterocycles. The molecule has 0 radical (unpaired) electrons. The van der Waals surface area contributed by atoms with E-state index >= 15 is 0 Å². The molecule has 0 aromatic carbocycles. The van der Waals surface area contributed by atoms with Crippen LogP contribution < -0.4 is 0 Å². The molecule has 0 amide bonds. The van der Waals surface area contributed by atoms with E-state index in [2.05, 4.69) is 4.89 Å². The molecular weight excluding hydrogens is 160 g/mol. The Balaban J connectivity index is 3.58. The van der Waals surface area contributed by atoms with Crippen LogP contribution >= 0.6 is 0 Å². The largest absolute Gasteiger partial charge is 0.237 e. The molecule has 0 spiro atoms. The average molecular weight is 178 g/mol. The van der Waals surface area contributed by atoms with Gasteiger partial charge in [0, 0.05) is 6.42 Å². The van der Waals surface area contributed by atoms with Crippen molar-refractivity contribution in [1.29, 1.82) is 0 Å². The fourth-order valence-electron chi connectivity index (χ4n) is 0.457. The van der Waals surface area contributed by atoms with Crippen molar-refractivity contribution < 1.29 is 19.6 Å². The van der Waals surface area contributed by atoms with Crippen LogP contribution in [0.15, 0.2) is 0 Å². The summed E-state index contributed by atoms with van der Waals surface area (Å²) < 4.78 is 0. The van der Waals surface area contributed by atoms with Crippen molar-refractivity contribution in [3.8, 4) is 0 Å². The van der Waals surface area contributed by atoms with Crippen molar-refractivity contribution in [3.05, 3.63) is 0 Å². The highest BCUT2D eigenvalue weighted by Crippen LogP contribution is 2.11. The molecule has 1 unspecified atom stereocenters. The van der Waals surface area contributed by atoms with Gasteiger partial charge < -0.3 is 0 Å². The van der Waals surface area contributed by atoms with Gasteiger partial charge in [-0.15, -0.1) is 0 Å². The molecule has 0 bridgehead atoms. The van der Waals surface area contributed by atoms with Gasteiger partial charge in [-0.2, -0.15) is 0 Å². The zero-order valence-corrected chi connectivity index (χ0v) is 8.42. The van der Waals surface area contributed by atoms with Gasteiger partial charge in [-0.3, -0.25) is 0 Å². The van der Waals surface area contributed by atoms with Crippen LogP contribution in [-0.2, 0) is 19.6 Å². The molecule has 0 aliphatic carbocycles. The Morgan fingerprint density at radius 1 is 1.17 bits per heavy atom. The van der Waals surface area contributed by atoms with Gasteiger partial charge in [0.1, 0.15) is 0 Å². The second-order valence-corrected chi connectivity index (χ2v) is 3.39. The van der Waals surface area contributed by atoms with Crippen molar-refractivity contribution in [3.63, 3.8) is 0 Å². The maximum atomic E-state index is 5.03. The van der Waals surface area contributed by atoms with Crippen LogP contribution in [-0.4, -0.2) is 19.0 Å². The summed E-state index contributed by atoms with van der Waals surface area (Å²) in [4.78, 5) is 19.2. The van der Waals surface area contributed by atoms with Crippen molar-refractivity contribution in [2.45, 2.75) is 46.0 Å². The first-order valence-electron chi connectivity index (χ1n) is 4.03. The van der Waals surface area contributed by atoms with Gasteiger partial charge in [0.25, 0.3) is 0 Å². The lowest BCUT2D eigenvalue weighted by atomic mass is 10.2. The Kier molecular flexibility index (Phi) is 5.41. The van der Waals surface area contributed by atoms with Crippen LogP contribution in [0.25, 0.3) is 0 Å². The summed E-state index contributed by atoms with van der Waals surface area (Å²) in [5.74, 6) is 0. The molecule has 74 valence electrons. The highest BCUT2D eigenvalue weighted by molar-refractivity contribution is 4.54. The second kappa shape index (κ2) is 5.48. The molecule has 0 N–H and O–H groups in total. The van der Waals surface area contributed by atoms with E-state index in [1.165, 1.54) is 7.11 Å². The van der Waals surface area contributed by atoms with Gasteiger partial charge in [-0.1, -0.05) is 6.92 Å². The van der Waals surface area contributed by atoms with Crippen LogP contribution in [0.1, 0.15) is 34.1 Å². The fraction of sp³-hybridized carbons (Fsp3) is 1.00. The smallest absolute Gasteiger partial charge is 0.224 e. The van der Waals surface area contributed by atoms with Gasteiger partial charge >= 0.3 is 0 Å². The fourth-order valence-corrected chi connectivity index (χ4v) is 0.457. The minimum atomic E-state index is -0.464. The maximum Gasteiger partial charge on any atom is 0.224 e. The van der Waals surface area contributed by atoms with Crippen LogP contribution in [0.2, 0.25) is 0 Å². The number of hydrogen-bond acceptors (Lipinski definition) is 4. The van der Waals surface area contributed by atoms with E-state index in [4.69, 9.17) is 14.7 Å². The molecule has 0 rings (SSSR count). The first-order valence-corrected chi connectivity index (χ1v) is 4.03. The Morgan fingerprint density at radius 3 is 2.08 bits per heavy atom. The molecule has 12 heavy (non-hydrogen) atoms. The number of rotatable bonds is 5. The first-order chi connectivity index (χ1) is 5.49. The Hall–Kier alpha value is -0.160. The summed E-state index contributed by atoms with van der Waals surface area (Å²) in [6.45, 7) is 7.60. The summed E-state index contributed by atoms with van der Waals surface area (Å²) in [7, 11) is 1.43. The summed E-state index contributed by atoms with van der Waals surface area (Å²) in [6.07, 6.45) is 0.207. The van der Waals surface area contributed by atoms with Gasteiger partial charge in [0.2, 0.25) is 6.29 Å². The molecule has 0 heterocycles. The van der Waals surface area contributed by atoms with Gasteiger partial charge in [-0.05, 0) is 20.8 Å². The third-order valence-electron chi connectivity index (χ3n) is 0.942. The normalized spacial score (nSPS) is 14.8. The lowest BCUT2D eigenvalue weighted by Crippen LogP contribution is -2.25. The van der Waals surface area contributed by atoms with Gasteiger partial charge in [0.05, 0.1) is 12.7 Å². The highest BCUT2D eigenvalue weighted by atomic mass is 17.3. The average Bonchev–Trinajstić information content (AvgIpc) is 1.96. The second-order valence-electron chi connectivity index (χ2n) is 3.39. The summed E-state index contributed by atoms with van der Waals surface area (Å²) in [5, 5.41) is 0. The predicted octanol–water partition coefficient (Wildman–Crippen LogP) is 2.05. The molecule has 0 fully saturated rings. The SMILES string of the molecule is CCC(OOC)OOC(C)(C)C. The predicted molar refractivity (Wildman–Crippen MR) is 44.1 cm³/mol. The van der Waals surface area contributed by atoms with E-state index in [0.29, 0.717) is 6.42 Å². The monoisotopic (exact) mass is 178 g/mol. The third-order valence-corrected chi connectivity index (χ3v) is 0.942. The van der Waals surface area contributed by atoms with E-state index in [1.54, 1.807) is 0 Å². The third kappa shape index (κ3) is 6.54.